The van der Waals surface area contributed by atoms with E-state index in [9.17, 15) is 0 Å². The average Bonchev–Trinajstić information content (AvgIpc) is 3.50. The molecule has 0 aliphatic carbocycles. The molecular formula is C29H30N4O2S. The fourth-order valence-electron chi connectivity index (χ4n) is 4.43. The molecule has 1 saturated heterocycles. The number of nitrogens with zero attached hydrogens (tertiary/aromatic N) is 3. The fraction of sp³-hybridized carbons (Fsp3) is 0.241. The van der Waals surface area contributed by atoms with Crippen molar-refractivity contribution < 1.29 is 9.47 Å². The second-order valence-electron chi connectivity index (χ2n) is 9.79. The van der Waals surface area contributed by atoms with Crippen LogP contribution in [0.4, 0.5) is 5.69 Å². The van der Waals surface area contributed by atoms with Crippen molar-refractivity contribution in [2.24, 2.45) is 0 Å². The molecule has 0 radical (unpaired) electrons. The van der Waals surface area contributed by atoms with Gasteiger partial charge in [0.05, 0.1) is 24.9 Å². The first-order valence-corrected chi connectivity index (χ1v) is 12.4. The highest BCUT2D eigenvalue weighted by atomic mass is 32.1. The third-order valence-corrected chi connectivity index (χ3v) is 6.65. The van der Waals surface area contributed by atoms with E-state index in [1.807, 2.05) is 72.9 Å². The van der Waals surface area contributed by atoms with Gasteiger partial charge in [-0.15, -0.1) is 0 Å². The number of rotatable bonds is 6. The highest BCUT2D eigenvalue weighted by molar-refractivity contribution is 7.80. The number of thiocarbonyl (C=S) groups is 1. The molecule has 1 aliphatic rings. The predicted molar refractivity (Wildman–Crippen MR) is 147 cm³/mol. The Morgan fingerprint density at radius 3 is 2.14 bits per heavy atom. The second kappa shape index (κ2) is 9.66. The van der Waals surface area contributed by atoms with Crippen LogP contribution < -0.4 is 19.7 Å². The highest BCUT2D eigenvalue weighted by Gasteiger charge is 2.41. The Morgan fingerprint density at radius 1 is 0.889 bits per heavy atom. The standard InChI is InChI=1S/C29H30N4O2S/c1-29(2,3)32-18-16-20(19-32)27-26(25-7-5-6-17-30-25)31-28(36)33(27)21-8-10-23(11-9-21)35-24-14-12-22(34-4)13-15-24/h5-19,26-27H,1-4H3,(H,31,36)/t26-,27-/m1/s1. The molecular weight excluding hydrogens is 468 g/mol. The number of hydrogen-bond donors (Lipinski definition) is 1. The molecule has 0 saturated carbocycles. The molecule has 2 atom stereocenters. The van der Waals surface area contributed by atoms with Gasteiger partial charge >= 0.3 is 0 Å². The third-order valence-electron chi connectivity index (χ3n) is 6.34. The number of aromatic nitrogens is 2. The molecule has 3 heterocycles. The summed E-state index contributed by atoms with van der Waals surface area (Å²) >= 11 is 5.86. The normalized spacial score (nSPS) is 17.7. The summed E-state index contributed by atoms with van der Waals surface area (Å²) in [6, 6.07) is 23.6. The summed E-state index contributed by atoms with van der Waals surface area (Å²) in [5.41, 5.74) is 3.10. The molecule has 184 valence electrons. The molecule has 5 rings (SSSR count). The Balaban J connectivity index is 1.46. The Hall–Kier alpha value is -3.84. The molecule has 36 heavy (non-hydrogen) atoms. The quantitative estimate of drug-likeness (QED) is 0.302. The minimum absolute atomic E-state index is 0.0173. The summed E-state index contributed by atoms with van der Waals surface area (Å²) in [4.78, 5) is 6.82. The molecule has 0 spiro atoms. The van der Waals surface area contributed by atoms with Gasteiger partial charge < -0.3 is 24.3 Å². The van der Waals surface area contributed by atoms with E-state index in [4.69, 9.17) is 21.7 Å². The lowest BCUT2D eigenvalue weighted by atomic mass is 9.98. The number of nitrogens with one attached hydrogen (secondary N) is 1. The average molecular weight is 499 g/mol. The van der Waals surface area contributed by atoms with E-state index in [1.165, 1.54) is 5.56 Å². The first kappa shape index (κ1) is 23.9. The highest BCUT2D eigenvalue weighted by Crippen LogP contribution is 2.42. The van der Waals surface area contributed by atoms with Crippen LogP contribution in [0.3, 0.4) is 0 Å². The van der Waals surface area contributed by atoms with E-state index >= 15 is 0 Å². The summed E-state index contributed by atoms with van der Waals surface area (Å²) in [7, 11) is 1.65. The second-order valence-corrected chi connectivity index (χ2v) is 10.2. The van der Waals surface area contributed by atoms with Crippen molar-refractivity contribution in [3.8, 4) is 17.2 Å². The maximum atomic E-state index is 6.03. The summed E-state index contributed by atoms with van der Waals surface area (Å²) in [5.74, 6) is 2.29. The largest absolute Gasteiger partial charge is 0.497 e. The van der Waals surface area contributed by atoms with Gasteiger partial charge in [0, 0.05) is 29.8 Å². The first-order valence-electron chi connectivity index (χ1n) is 11.9. The minimum atomic E-state index is -0.0789. The Bertz CT molecular complexity index is 1330. The van der Waals surface area contributed by atoms with Gasteiger partial charge in [-0.25, -0.2) is 0 Å². The van der Waals surface area contributed by atoms with Crippen LogP contribution in [-0.4, -0.2) is 21.8 Å². The number of methoxy groups -OCH3 is 1. The van der Waals surface area contributed by atoms with Crippen LogP contribution in [0, 0.1) is 0 Å². The number of pyridine rings is 1. The van der Waals surface area contributed by atoms with Crippen molar-refractivity contribution in [3.63, 3.8) is 0 Å². The van der Waals surface area contributed by atoms with Crippen molar-refractivity contribution in [2.45, 2.75) is 38.4 Å². The van der Waals surface area contributed by atoms with Crippen LogP contribution in [0.1, 0.15) is 44.1 Å². The van der Waals surface area contributed by atoms with Gasteiger partial charge in [0.15, 0.2) is 5.11 Å². The molecule has 2 aromatic carbocycles. The molecule has 1 fully saturated rings. The number of hydrogen-bond acceptors (Lipinski definition) is 4. The van der Waals surface area contributed by atoms with Gasteiger partial charge in [-0.1, -0.05) is 6.07 Å². The number of ether oxygens (including phenoxy) is 2. The van der Waals surface area contributed by atoms with Crippen molar-refractivity contribution in [3.05, 3.63) is 103 Å². The van der Waals surface area contributed by atoms with Gasteiger partial charge in [-0.05, 0) is 105 Å². The molecule has 7 heteroatoms. The molecule has 0 bridgehead atoms. The Kier molecular flexibility index (Phi) is 6.41. The van der Waals surface area contributed by atoms with Crippen LogP contribution in [0.5, 0.6) is 17.2 Å². The van der Waals surface area contributed by atoms with Crippen LogP contribution in [0.2, 0.25) is 0 Å². The predicted octanol–water partition coefficient (Wildman–Crippen LogP) is 6.62. The maximum Gasteiger partial charge on any atom is 0.174 e. The van der Waals surface area contributed by atoms with Gasteiger partial charge in [0.2, 0.25) is 0 Å². The van der Waals surface area contributed by atoms with E-state index in [2.05, 4.69) is 59.0 Å². The van der Waals surface area contributed by atoms with Crippen LogP contribution in [0.15, 0.2) is 91.4 Å². The summed E-state index contributed by atoms with van der Waals surface area (Å²) < 4.78 is 13.5. The monoisotopic (exact) mass is 498 g/mol. The van der Waals surface area contributed by atoms with E-state index in [0.717, 1.165) is 28.6 Å². The van der Waals surface area contributed by atoms with Crippen molar-refractivity contribution in [1.29, 1.82) is 0 Å². The van der Waals surface area contributed by atoms with Crippen LogP contribution in [-0.2, 0) is 5.54 Å². The molecule has 0 unspecified atom stereocenters. The number of benzene rings is 2. The Labute approximate surface area is 217 Å². The first-order chi connectivity index (χ1) is 17.3. The molecule has 2 aromatic heterocycles. The molecule has 6 nitrogen and oxygen atoms in total. The van der Waals surface area contributed by atoms with E-state index in [-0.39, 0.29) is 17.6 Å². The molecule has 4 aromatic rings. The lowest BCUT2D eigenvalue weighted by Gasteiger charge is -2.28. The topological polar surface area (TPSA) is 51.6 Å². The van der Waals surface area contributed by atoms with Crippen LogP contribution in [0.25, 0.3) is 0 Å². The fourth-order valence-corrected chi connectivity index (χ4v) is 4.78. The molecule has 0 amide bonds. The van der Waals surface area contributed by atoms with Gasteiger partial charge in [0.25, 0.3) is 0 Å². The zero-order valence-electron chi connectivity index (χ0n) is 20.9. The zero-order valence-corrected chi connectivity index (χ0v) is 21.7. The third kappa shape index (κ3) is 4.79. The lowest BCUT2D eigenvalue weighted by molar-refractivity contribution is 0.397. The van der Waals surface area contributed by atoms with Crippen molar-refractivity contribution in [1.82, 2.24) is 14.9 Å². The smallest absolute Gasteiger partial charge is 0.174 e. The molecule has 1 N–H and O–H groups in total. The van der Waals surface area contributed by atoms with Gasteiger partial charge in [-0.2, -0.15) is 0 Å². The van der Waals surface area contributed by atoms with E-state index in [0.29, 0.717) is 5.11 Å². The minimum Gasteiger partial charge on any atom is -0.497 e. The maximum absolute atomic E-state index is 6.03. The zero-order chi connectivity index (χ0) is 25.3. The van der Waals surface area contributed by atoms with Gasteiger partial charge in [0.1, 0.15) is 17.2 Å². The summed E-state index contributed by atoms with van der Waals surface area (Å²) in [6.45, 7) is 6.59. The van der Waals surface area contributed by atoms with Crippen molar-refractivity contribution >= 4 is 23.0 Å². The van der Waals surface area contributed by atoms with Crippen LogP contribution >= 0.6 is 12.2 Å². The number of anilines is 1. The summed E-state index contributed by atoms with van der Waals surface area (Å²) in [6.07, 6.45) is 6.17. The SMILES string of the molecule is COc1ccc(Oc2ccc(N3C(=S)N[C@H](c4ccccn4)[C@H]3c3ccn(C(C)(C)C)c3)cc2)cc1. The van der Waals surface area contributed by atoms with Crippen molar-refractivity contribution in [2.75, 3.05) is 12.0 Å². The Morgan fingerprint density at radius 2 is 1.56 bits per heavy atom. The lowest BCUT2D eigenvalue weighted by Crippen LogP contribution is -2.29. The van der Waals surface area contributed by atoms with E-state index in [1.54, 1.807) is 7.11 Å². The molecule has 1 aliphatic heterocycles. The van der Waals surface area contributed by atoms with Gasteiger partial charge in [-0.3, -0.25) is 4.98 Å². The van der Waals surface area contributed by atoms with E-state index < -0.39 is 0 Å². The summed E-state index contributed by atoms with van der Waals surface area (Å²) in [5, 5.41) is 4.19.